The first-order valence-electron chi connectivity index (χ1n) is 8.98. The minimum atomic E-state index is -0.813. The van der Waals surface area contributed by atoms with Crippen molar-refractivity contribution in [3.63, 3.8) is 0 Å². The van der Waals surface area contributed by atoms with E-state index >= 15 is 0 Å². The number of carbonyl (C=O) groups is 1. The smallest absolute Gasteiger partial charge is 0.293 e. The molecule has 1 amide bonds. The summed E-state index contributed by atoms with van der Waals surface area (Å²) in [5.41, 5.74) is 3.23. The molecule has 152 valence electrons. The van der Waals surface area contributed by atoms with Gasteiger partial charge in [-0.2, -0.15) is 5.10 Å². The van der Waals surface area contributed by atoms with Crippen molar-refractivity contribution < 1.29 is 18.5 Å². The Morgan fingerprint density at radius 2 is 1.97 bits per heavy atom. The largest absolute Gasteiger partial charge is 0.374 e. The van der Waals surface area contributed by atoms with Gasteiger partial charge in [-0.05, 0) is 31.0 Å². The second kappa shape index (κ2) is 9.09. The minimum Gasteiger partial charge on any atom is -0.374 e. The van der Waals surface area contributed by atoms with E-state index in [2.05, 4.69) is 15.8 Å². The van der Waals surface area contributed by atoms with Gasteiger partial charge in [-0.25, -0.2) is 14.2 Å². The van der Waals surface area contributed by atoms with Crippen molar-refractivity contribution in [2.24, 2.45) is 5.10 Å². The molecule has 10 heteroatoms. The second-order valence-electron chi connectivity index (χ2n) is 6.47. The summed E-state index contributed by atoms with van der Waals surface area (Å²) >= 11 is 0. The minimum absolute atomic E-state index is 0.0151. The number of nitrogens with zero attached hydrogens (tertiary/aromatic N) is 3. The number of nitrogens with one attached hydrogen (secondary N) is 2. The van der Waals surface area contributed by atoms with E-state index in [9.17, 15) is 23.7 Å². The Bertz CT molecular complexity index is 945. The molecule has 0 aromatic heterocycles. The fourth-order valence-corrected chi connectivity index (χ4v) is 3.02. The first kappa shape index (κ1) is 20.2. The standard InChI is InChI=1S/C19H19F2N5O3/c20-14-4-5-16(15(21)10-14)22-12-19(27)24-23-11-13-3-6-17(18(9-13)26(28)29)25-7-1-2-8-25/h3-6,9-11,22H,1-2,7-8,12H2,(H,24,27). The van der Waals surface area contributed by atoms with Crippen LogP contribution >= 0.6 is 0 Å². The van der Waals surface area contributed by atoms with E-state index in [0.717, 1.165) is 32.0 Å². The molecule has 0 spiro atoms. The first-order chi connectivity index (χ1) is 13.9. The van der Waals surface area contributed by atoms with Crippen LogP contribution in [0.5, 0.6) is 0 Å². The summed E-state index contributed by atoms with van der Waals surface area (Å²) in [4.78, 5) is 24.7. The number of hydrazone groups is 1. The van der Waals surface area contributed by atoms with Gasteiger partial charge < -0.3 is 10.2 Å². The molecule has 8 nitrogen and oxygen atoms in total. The summed E-state index contributed by atoms with van der Waals surface area (Å²) in [6.45, 7) is 1.28. The quantitative estimate of drug-likeness (QED) is 0.421. The number of halogens is 2. The highest BCUT2D eigenvalue weighted by molar-refractivity contribution is 5.86. The van der Waals surface area contributed by atoms with Gasteiger partial charge in [0, 0.05) is 30.8 Å². The van der Waals surface area contributed by atoms with Gasteiger partial charge in [0.25, 0.3) is 11.6 Å². The van der Waals surface area contributed by atoms with Gasteiger partial charge in [-0.3, -0.25) is 14.9 Å². The van der Waals surface area contributed by atoms with Gasteiger partial charge in [-0.1, -0.05) is 6.07 Å². The molecule has 0 saturated carbocycles. The monoisotopic (exact) mass is 403 g/mol. The van der Waals surface area contributed by atoms with Crippen LogP contribution in [0.25, 0.3) is 0 Å². The van der Waals surface area contributed by atoms with Crippen LogP contribution in [0, 0.1) is 21.7 Å². The fraction of sp³-hybridized carbons (Fsp3) is 0.263. The number of benzene rings is 2. The predicted molar refractivity (Wildman–Crippen MR) is 105 cm³/mol. The molecule has 1 aliphatic rings. The average molecular weight is 403 g/mol. The Morgan fingerprint density at radius 3 is 2.66 bits per heavy atom. The number of rotatable bonds is 7. The number of amides is 1. The third kappa shape index (κ3) is 5.24. The van der Waals surface area contributed by atoms with E-state index < -0.39 is 22.5 Å². The normalized spacial score (nSPS) is 13.7. The number of carbonyl (C=O) groups excluding carboxylic acids is 1. The SMILES string of the molecule is O=C(CNc1ccc(F)cc1F)NN=Cc1ccc(N2CCCC2)c([N+](=O)[O-])c1. The van der Waals surface area contributed by atoms with E-state index in [1.807, 2.05) is 4.90 Å². The van der Waals surface area contributed by atoms with E-state index in [1.165, 1.54) is 18.3 Å². The molecule has 0 unspecified atom stereocenters. The molecule has 0 atom stereocenters. The highest BCUT2D eigenvalue weighted by Crippen LogP contribution is 2.31. The van der Waals surface area contributed by atoms with Gasteiger partial charge in [0.05, 0.1) is 23.4 Å². The number of anilines is 2. The van der Waals surface area contributed by atoms with Crippen molar-refractivity contribution in [3.8, 4) is 0 Å². The van der Waals surface area contributed by atoms with E-state index in [1.54, 1.807) is 12.1 Å². The van der Waals surface area contributed by atoms with Crippen molar-refractivity contribution in [2.75, 3.05) is 29.9 Å². The van der Waals surface area contributed by atoms with Crippen LogP contribution in [-0.2, 0) is 4.79 Å². The summed E-state index contributed by atoms with van der Waals surface area (Å²) in [7, 11) is 0. The van der Waals surface area contributed by atoms with Crippen molar-refractivity contribution in [1.29, 1.82) is 0 Å². The molecule has 1 fully saturated rings. The lowest BCUT2D eigenvalue weighted by molar-refractivity contribution is -0.384. The molecular formula is C19H19F2N5O3. The van der Waals surface area contributed by atoms with Crippen LogP contribution in [-0.4, -0.2) is 36.7 Å². The van der Waals surface area contributed by atoms with Gasteiger partial charge in [-0.15, -0.1) is 0 Å². The van der Waals surface area contributed by atoms with Gasteiger partial charge >= 0.3 is 0 Å². The third-order valence-corrected chi connectivity index (χ3v) is 4.42. The molecule has 2 N–H and O–H groups in total. The van der Waals surface area contributed by atoms with Crippen LogP contribution in [0.2, 0.25) is 0 Å². The molecule has 0 bridgehead atoms. The van der Waals surface area contributed by atoms with Crippen molar-refractivity contribution >= 4 is 29.2 Å². The Hall–Kier alpha value is -3.56. The molecule has 0 aliphatic carbocycles. The van der Waals surface area contributed by atoms with Crippen LogP contribution in [0.1, 0.15) is 18.4 Å². The number of hydrogen-bond acceptors (Lipinski definition) is 6. The van der Waals surface area contributed by atoms with Crippen LogP contribution in [0.4, 0.5) is 25.8 Å². The lowest BCUT2D eigenvalue weighted by Crippen LogP contribution is -2.26. The predicted octanol–water partition coefficient (Wildman–Crippen LogP) is 3.04. The molecule has 29 heavy (non-hydrogen) atoms. The number of nitro benzene ring substituents is 1. The summed E-state index contributed by atoms with van der Waals surface area (Å²) < 4.78 is 26.4. The summed E-state index contributed by atoms with van der Waals surface area (Å²) in [5.74, 6) is -2.09. The molecule has 3 rings (SSSR count). The number of nitro groups is 1. The molecule has 2 aromatic carbocycles. The van der Waals surface area contributed by atoms with Gasteiger partial charge in [0.2, 0.25) is 0 Å². The molecule has 1 aliphatic heterocycles. The summed E-state index contributed by atoms with van der Waals surface area (Å²) in [6.07, 6.45) is 3.29. The summed E-state index contributed by atoms with van der Waals surface area (Å²) in [6, 6.07) is 7.71. The van der Waals surface area contributed by atoms with Crippen LogP contribution in [0.15, 0.2) is 41.5 Å². The maximum Gasteiger partial charge on any atom is 0.293 e. The van der Waals surface area contributed by atoms with Gasteiger partial charge in [0.15, 0.2) is 0 Å². The highest BCUT2D eigenvalue weighted by atomic mass is 19.1. The lowest BCUT2D eigenvalue weighted by Gasteiger charge is -2.17. The molecular weight excluding hydrogens is 384 g/mol. The van der Waals surface area contributed by atoms with Crippen LogP contribution in [0.3, 0.4) is 0 Å². The second-order valence-corrected chi connectivity index (χ2v) is 6.47. The van der Waals surface area contributed by atoms with Crippen molar-refractivity contribution in [2.45, 2.75) is 12.8 Å². The third-order valence-electron chi connectivity index (χ3n) is 4.42. The molecule has 1 heterocycles. The van der Waals surface area contributed by atoms with Crippen molar-refractivity contribution in [1.82, 2.24) is 5.43 Å². The first-order valence-corrected chi connectivity index (χ1v) is 8.98. The topological polar surface area (TPSA) is 99.9 Å². The maximum atomic E-state index is 13.5. The average Bonchev–Trinajstić information content (AvgIpc) is 3.22. The van der Waals surface area contributed by atoms with Gasteiger partial charge in [0.1, 0.15) is 17.3 Å². The van der Waals surface area contributed by atoms with E-state index in [0.29, 0.717) is 17.3 Å². The Kier molecular flexibility index (Phi) is 6.32. The molecule has 2 aromatic rings. The van der Waals surface area contributed by atoms with Crippen molar-refractivity contribution in [3.05, 3.63) is 63.7 Å². The zero-order valence-corrected chi connectivity index (χ0v) is 15.4. The molecule has 1 saturated heterocycles. The summed E-state index contributed by atoms with van der Waals surface area (Å²) in [5, 5.41) is 17.7. The molecule has 0 radical (unpaired) electrons. The Balaban J connectivity index is 1.58. The Morgan fingerprint density at radius 1 is 1.21 bits per heavy atom. The van der Waals surface area contributed by atoms with Crippen LogP contribution < -0.4 is 15.6 Å². The fourth-order valence-electron chi connectivity index (χ4n) is 3.02. The zero-order chi connectivity index (χ0) is 20.8. The Labute approximate surface area is 165 Å². The van der Waals surface area contributed by atoms with E-state index in [-0.39, 0.29) is 17.9 Å². The number of hydrogen-bond donors (Lipinski definition) is 2. The lowest BCUT2D eigenvalue weighted by atomic mass is 10.1. The highest BCUT2D eigenvalue weighted by Gasteiger charge is 2.22. The zero-order valence-electron chi connectivity index (χ0n) is 15.4. The maximum absolute atomic E-state index is 13.5. The van der Waals surface area contributed by atoms with E-state index in [4.69, 9.17) is 0 Å².